The molecule has 5 heteroatoms. The summed E-state index contributed by atoms with van der Waals surface area (Å²) in [6.07, 6.45) is 7.37. The van der Waals surface area contributed by atoms with E-state index in [-0.39, 0.29) is 5.97 Å². The molecule has 3 rings (SSSR count). The van der Waals surface area contributed by atoms with Gasteiger partial charge in [-0.2, -0.15) is 0 Å². The van der Waals surface area contributed by atoms with Crippen molar-refractivity contribution in [3.05, 3.63) is 59.4 Å². The summed E-state index contributed by atoms with van der Waals surface area (Å²) >= 11 is 1.70. The van der Waals surface area contributed by atoms with Gasteiger partial charge in [-0.1, -0.05) is 18.2 Å². The largest absolute Gasteiger partial charge is 0.466 e. The van der Waals surface area contributed by atoms with Crippen molar-refractivity contribution < 1.29 is 9.53 Å². The Hall–Kier alpha value is -2.27. The van der Waals surface area contributed by atoms with Gasteiger partial charge in [0.15, 0.2) is 0 Å². The lowest BCUT2D eigenvalue weighted by Crippen LogP contribution is -2.07. The molecule has 0 saturated heterocycles. The van der Waals surface area contributed by atoms with Gasteiger partial charge in [-0.3, -0.25) is 9.78 Å². The van der Waals surface area contributed by atoms with Gasteiger partial charge in [0, 0.05) is 18.8 Å². The summed E-state index contributed by atoms with van der Waals surface area (Å²) in [5, 5.41) is 1.08. The Balaban J connectivity index is 1.32. The van der Waals surface area contributed by atoms with Crippen LogP contribution in [0.5, 0.6) is 0 Å². The van der Waals surface area contributed by atoms with Crippen molar-refractivity contribution in [2.75, 3.05) is 6.61 Å². The summed E-state index contributed by atoms with van der Waals surface area (Å²) in [6.45, 7) is 0.467. The average Bonchev–Trinajstić information content (AvgIpc) is 3.02. The number of nitrogens with zero attached hydrogens (tertiary/aromatic N) is 2. The number of rotatable bonds is 8. The number of thiazole rings is 1. The summed E-state index contributed by atoms with van der Waals surface area (Å²) in [6, 6.07) is 12.1. The minimum absolute atomic E-state index is 0.123. The van der Waals surface area contributed by atoms with Crippen LogP contribution < -0.4 is 0 Å². The summed E-state index contributed by atoms with van der Waals surface area (Å²) in [5.74, 6) is -0.123. The van der Waals surface area contributed by atoms with Crippen LogP contribution >= 0.6 is 11.3 Å². The van der Waals surface area contributed by atoms with Crippen LogP contribution in [0.2, 0.25) is 0 Å². The minimum atomic E-state index is -0.123. The zero-order chi connectivity index (χ0) is 16.6. The Morgan fingerprint density at radius 2 is 2.00 bits per heavy atom. The lowest BCUT2D eigenvalue weighted by atomic mass is 10.2. The number of benzene rings is 1. The maximum Gasteiger partial charge on any atom is 0.305 e. The standard InChI is InChI=1S/C19H20N2O2S/c22-19(23-13-5-7-15-6-4-12-20-14-15)11-3-10-18-21-16-8-1-2-9-17(16)24-18/h1-2,4,6,8-9,12,14H,3,5,7,10-11,13H2. The number of carbonyl (C=O) groups is 1. The molecule has 0 aliphatic carbocycles. The molecule has 124 valence electrons. The van der Waals surface area contributed by atoms with Crippen LogP contribution in [0.1, 0.15) is 29.8 Å². The minimum Gasteiger partial charge on any atom is -0.466 e. The Kier molecular flexibility index (Phi) is 5.90. The summed E-state index contributed by atoms with van der Waals surface area (Å²) in [4.78, 5) is 20.4. The quantitative estimate of drug-likeness (QED) is 0.456. The lowest BCUT2D eigenvalue weighted by Gasteiger charge is -2.04. The van der Waals surface area contributed by atoms with Crippen molar-refractivity contribution in [2.45, 2.75) is 32.1 Å². The Morgan fingerprint density at radius 3 is 2.83 bits per heavy atom. The van der Waals surface area contributed by atoms with Crippen molar-refractivity contribution >= 4 is 27.5 Å². The van der Waals surface area contributed by atoms with E-state index >= 15 is 0 Å². The van der Waals surface area contributed by atoms with E-state index in [0.29, 0.717) is 13.0 Å². The van der Waals surface area contributed by atoms with E-state index in [1.54, 1.807) is 17.5 Å². The molecule has 0 saturated carbocycles. The fraction of sp³-hybridized carbons (Fsp3) is 0.316. The number of aromatic nitrogens is 2. The van der Waals surface area contributed by atoms with Crippen LogP contribution in [0.15, 0.2) is 48.8 Å². The van der Waals surface area contributed by atoms with E-state index in [4.69, 9.17) is 4.74 Å². The zero-order valence-corrected chi connectivity index (χ0v) is 14.3. The molecule has 2 aromatic heterocycles. The zero-order valence-electron chi connectivity index (χ0n) is 13.5. The van der Waals surface area contributed by atoms with Gasteiger partial charge in [0.1, 0.15) is 0 Å². The monoisotopic (exact) mass is 340 g/mol. The van der Waals surface area contributed by atoms with Gasteiger partial charge in [0.25, 0.3) is 0 Å². The third kappa shape index (κ3) is 4.86. The predicted molar refractivity (Wildman–Crippen MR) is 96.1 cm³/mol. The number of pyridine rings is 1. The van der Waals surface area contributed by atoms with Gasteiger partial charge >= 0.3 is 5.97 Å². The molecule has 2 heterocycles. The van der Waals surface area contributed by atoms with Crippen LogP contribution in [0.4, 0.5) is 0 Å². The highest BCUT2D eigenvalue weighted by atomic mass is 32.1. The number of hydrogen-bond donors (Lipinski definition) is 0. The first kappa shape index (κ1) is 16.6. The first-order valence-electron chi connectivity index (χ1n) is 8.20. The van der Waals surface area contributed by atoms with Crippen molar-refractivity contribution in [2.24, 2.45) is 0 Å². The van der Waals surface area contributed by atoms with Crippen molar-refractivity contribution in [3.8, 4) is 0 Å². The Bertz CT molecular complexity index is 753. The third-order valence-corrected chi connectivity index (χ3v) is 4.80. The molecular weight excluding hydrogens is 320 g/mol. The molecule has 0 radical (unpaired) electrons. The number of ether oxygens (including phenoxy) is 1. The van der Waals surface area contributed by atoms with Gasteiger partial charge in [-0.05, 0) is 49.4 Å². The fourth-order valence-electron chi connectivity index (χ4n) is 2.49. The topological polar surface area (TPSA) is 52.1 Å². The third-order valence-electron chi connectivity index (χ3n) is 3.71. The number of aryl methyl sites for hydroxylation is 2. The molecule has 0 N–H and O–H groups in total. The van der Waals surface area contributed by atoms with E-state index in [0.717, 1.165) is 36.2 Å². The normalized spacial score (nSPS) is 10.8. The van der Waals surface area contributed by atoms with Crippen LogP contribution in [0.3, 0.4) is 0 Å². The maximum absolute atomic E-state index is 11.8. The van der Waals surface area contributed by atoms with E-state index in [1.807, 2.05) is 36.5 Å². The molecule has 0 aliphatic heterocycles. The summed E-state index contributed by atoms with van der Waals surface area (Å²) in [5.41, 5.74) is 2.21. The summed E-state index contributed by atoms with van der Waals surface area (Å²) < 4.78 is 6.48. The molecular formula is C19H20N2O2S. The smallest absolute Gasteiger partial charge is 0.305 e. The Morgan fingerprint density at radius 1 is 1.08 bits per heavy atom. The average molecular weight is 340 g/mol. The van der Waals surface area contributed by atoms with Crippen LogP contribution in [0.25, 0.3) is 10.2 Å². The highest BCUT2D eigenvalue weighted by molar-refractivity contribution is 7.18. The van der Waals surface area contributed by atoms with Gasteiger partial charge in [0.2, 0.25) is 0 Å². The molecule has 0 aliphatic rings. The van der Waals surface area contributed by atoms with Crippen LogP contribution in [-0.2, 0) is 22.4 Å². The molecule has 0 bridgehead atoms. The van der Waals surface area contributed by atoms with E-state index in [1.165, 1.54) is 10.3 Å². The second-order valence-electron chi connectivity index (χ2n) is 5.61. The highest BCUT2D eigenvalue weighted by Crippen LogP contribution is 2.22. The summed E-state index contributed by atoms with van der Waals surface area (Å²) in [7, 11) is 0. The molecule has 3 aromatic rings. The second-order valence-corrected chi connectivity index (χ2v) is 6.73. The molecule has 1 aromatic carbocycles. The molecule has 0 fully saturated rings. The number of fused-ring (bicyclic) bond motifs is 1. The molecule has 24 heavy (non-hydrogen) atoms. The molecule has 0 spiro atoms. The van der Waals surface area contributed by atoms with Gasteiger partial charge in [-0.25, -0.2) is 4.98 Å². The molecule has 0 amide bonds. The van der Waals surface area contributed by atoms with Crippen LogP contribution in [0, 0.1) is 0 Å². The number of esters is 1. The van der Waals surface area contributed by atoms with Gasteiger partial charge in [-0.15, -0.1) is 11.3 Å². The van der Waals surface area contributed by atoms with Gasteiger partial charge < -0.3 is 4.74 Å². The SMILES string of the molecule is O=C(CCCc1nc2ccccc2s1)OCCCc1cccnc1. The second kappa shape index (κ2) is 8.55. The number of carbonyl (C=O) groups excluding carboxylic acids is 1. The molecule has 0 atom stereocenters. The molecule has 0 unspecified atom stereocenters. The first-order chi connectivity index (χ1) is 11.8. The predicted octanol–water partition coefficient (Wildman–Crippen LogP) is 4.19. The van der Waals surface area contributed by atoms with E-state index in [2.05, 4.69) is 16.0 Å². The van der Waals surface area contributed by atoms with Crippen LogP contribution in [-0.4, -0.2) is 22.5 Å². The van der Waals surface area contributed by atoms with Gasteiger partial charge in [0.05, 0.1) is 21.8 Å². The number of hydrogen-bond acceptors (Lipinski definition) is 5. The lowest BCUT2D eigenvalue weighted by molar-refractivity contribution is -0.143. The Labute approximate surface area is 145 Å². The van der Waals surface area contributed by atoms with E-state index in [9.17, 15) is 4.79 Å². The van der Waals surface area contributed by atoms with E-state index < -0.39 is 0 Å². The highest BCUT2D eigenvalue weighted by Gasteiger charge is 2.06. The first-order valence-corrected chi connectivity index (χ1v) is 9.02. The number of para-hydroxylation sites is 1. The van der Waals surface area contributed by atoms with Crippen molar-refractivity contribution in [1.29, 1.82) is 0 Å². The fourth-order valence-corrected chi connectivity index (χ4v) is 3.50. The molecule has 4 nitrogen and oxygen atoms in total. The maximum atomic E-state index is 11.8. The van der Waals surface area contributed by atoms with Crippen molar-refractivity contribution in [1.82, 2.24) is 9.97 Å². The van der Waals surface area contributed by atoms with Crippen molar-refractivity contribution in [3.63, 3.8) is 0 Å².